The summed E-state index contributed by atoms with van der Waals surface area (Å²) in [5.74, 6) is -1.46. The second kappa shape index (κ2) is 4.31. The molecule has 0 heterocycles. The average Bonchev–Trinajstić information content (AvgIpc) is 2.04. The van der Waals surface area contributed by atoms with Gasteiger partial charge in [-0.25, -0.2) is 21.2 Å². The van der Waals surface area contributed by atoms with Crippen molar-refractivity contribution in [2.24, 2.45) is 0 Å². The van der Waals surface area contributed by atoms with Crippen molar-refractivity contribution in [3.05, 3.63) is 29.6 Å². The number of hydrogen-bond donors (Lipinski definition) is 0. The molecule has 0 amide bonds. The second-order valence-electron chi connectivity index (χ2n) is 3.22. The van der Waals surface area contributed by atoms with E-state index in [9.17, 15) is 21.2 Å². The Morgan fingerprint density at radius 3 is 2.25 bits per heavy atom. The predicted molar refractivity (Wildman–Crippen MR) is 58.0 cm³/mol. The zero-order valence-corrected chi connectivity index (χ0v) is 10.5. The van der Waals surface area contributed by atoms with Crippen LogP contribution in [0.1, 0.15) is 5.56 Å². The van der Waals surface area contributed by atoms with Gasteiger partial charge in [0.2, 0.25) is 9.05 Å². The van der Waals surface area contributed by atoms with Crippen LogP contribution in [-0.2, 0) is 24.6 Å². The predicted octanol–water partition coefficient (Wildman–Crippen LogP) is 1.30. The van der Waals surface area contributed by atoms with Crippen LogP contribution in [0.15, 0.2) is 23.1 Å². The Bertz CT molecular complexity index is 607. The first-order valence-electron chi connectivity index (χ1n) is 4.00. The molecule has 0 saturated carbocycles. The van der Waals surface area contributed by atoms with Gasteiger partial charge in [-0.05, 0) is 17.7 Å². The van der Waals surface area contributed by atoms with Crippen LogP contribution in [0.2, 0.25) is 0 Å². The highest BCUT2D eigenvalue weighted by Gasteiger charge is 2.16. The fourth-order valence-corrected chi connectivity index (χ4v) is 2.86. The van der Waals surface area contributed by atoms with Crippen LogP contribution in [0.3, 0.4) is 0 Å². The van der Waals surface area contributed by atoms with Gasteiger partial charge >= 0.3 is 0 Å². The van der Waals surface area contributed by atoms with Crippen molar-refractivity contribution < 1.29 is 21.2 Å². The lowest BCUT2D eigenvalue weighted by atomic mass is 10.2. The zero-order valence-electron chi connectivity index (χ0n) is 8.14. The third kappa shape index (κ3) is 3.73. The summed E-state index contributed by atoms with van der Waals surface area (Å²) in [5.41, 5.74) is 0.122. The fraction of sp³-hybridized carbons (Fsp3) is 0.250. The summed E-state index contributed by atoms with van der Waals surface area (Å²) in [5, 5.41) is 0. The van der Waals surface area contributed by atoms with E-state index in [1.807, 2.05) is 0 Å². The van der Waals surface area contributed by atoms with E-state index >= 15 is 0 Å². The van der Waals surface area contributed by atoms with Gasteiger partial charge in [-0.3, -0.25) is 0 Å². The molecular formula is C8H8ClFO4S2. The molecule has 0 atom stereocenters. The van der Waals surface area contributed by atoms with Crippen LogP contribution in [0, 0.1) is 5.82 Å². The summed E-state index contributed by atoms with van der Waals surface area (Å²) in [6, 6.07) is 3.03. The van der Waals surface area contributed by atoms with Crippen LogP contribution in [0.5, 0.6) is 0 Å². The molecule has 0 bridgehead atoms. The molecule has 8 heteroatoms. The maximum Gasteiger partial charge on any atom is 0.236 e. The van der Waals surface area contributed by atoms with Gasteiger partial charge in [0.1, 0.15) is 10.7 Å². The number of sulfone groups is 1. The molecule has 0 aromatic heterocycles. The molecule has 0 radical (unpaired) electrons. The van der Waals surface area contributed by atoms with Crippen LogP contribution in [0.25, 0.3) is 0 Å². The van der Waals surface area contributed by atoms with Crippen LogP contribution in [0.4, 0.5) is 4.39 Å². The van der Waals surface area contributed by atoms with Gasteiger partial charge < -0.3 is 0 Å². The molecule has 0 aliphatic rings. The van der Waals surface area contributed by atoms with Crippen molar-refractivity contribution in [2.45, 2.75) is 10.6 Å². The number of halogens is 2. The Balaban J connectivity index is 3.29. The summed E-state index contributed by atoms with van der Waals surface area (Å²) in [4.78, 5) is -0.537. The minimum Gasteiger partial charge on any atom is -0.224 e. The lowest BCUT2D eigenvalue weighted by Gasteiger charge is -2.03. The van der Waals surface area contributed by atoms with Gasteiger partial charge in [0.25, 0.3) is 0 Å². The standard InChI is InChI=1S/C8H8ClFO4S2/c1-15(11,12)8-4-6(2-3-7(8)10)5-16(9,13)14/h2-4H,5H2,1H3. The summed E-state index contributed by atoms with van der Waals surface area (Å²) in [7, 11) is -2.52. The topological polar surface area (TPSA) is 68.3 Å². The van der Waals surface area contributed by atoms with Gasteiger partial charge in [0.05, 0.1) is 5.75 Å². The van der Waals surface area contributed by atoms with Crippen molar-refractivity contribution in [3.8, 4) is 0 Å². The van der Waals surface area contributed by atoms with E-state index in [1.165, 1.54) is 6.07 Å². The second-order valence-corrected chi connectivity index (χ2v) is 7.98. The molecule has 90 valence electrons. The van der Waals surface area contributed by atoms with E-state index in [0.29, 0.717) is 0 Å². The van der Waals surface area contributed by atoms with Crippen LogP contribution >= 0.6 is 10.7 Å². The largest absolute Gasteiger partial charge is 0.236 e. The van der Waals surface area contributed by atoms with E-state index in [2.05, 4.69) is 0 Å². The molecule has 0 unspecified atom stereocenters. The van der Waals surface area contributed by atoms with Crippen LogP contribution in [-0.4, -0.2) is 23.1 Å². The Kier molecular flexibility index (Phi) is 3.61. The van der Waals surface area contributed by atoms with Gasteiger partial charge in [-0.1, -0.05) is 6.07 Å². The SMILES string of the molecule is CS(=O)(=O)c1cc(CS(=O)(=O)Cl)ccc1F. The van der Waals surface area contributed by atoms with Crippen molar-refractivity contribution in [1.82, 2.24) is 0 Å². The smallest absolute Gasteiger partial charge is 0.224 e. The van der Waals surface area contributed by atoms with Crippen molar-refractivity contribution in [1.29, 1.82) is 0 Å². The molecule has 16 heavy (non-hydrogen) atoms. The zero-order chi connectivity index (χ0) is 12.6. The molecule has 0 aliphatic heterocycles. The summed E-state index contributed by atoms with van der Waals surface area (Å²) in [6.45, 7) is 0. The molecule has 1 rings (SSSR count). The lowest BCUT2D eigenvalue weighted by Crippen LogP contribution is -2.03. The maximum absolute atomic E-state index is 13.1. The molecule has 1 aromatic rings. The molecule has 0 fully saturated rings. The van der Waals surface area contributed by atoms with E-state index < -0.39 is 35.4 Å². The minimum absolute atomic E-state index is 0.122. The van der Waals surface area contributed by atoms with Gasteiger partial charge in [-0.15, -0.1) is 0 Å². The minimum atomic E-state index is -3.80. The highest BCUT2D eigenvalue weighted by molar-refractivity contribution is 8.13. The molecule has 0 N–H and O–H groups in total. The first-order chi connectivity index (χ1) is 7.09. The molecular weight excluding hydrogens is 279 g/mol. The van der Waals surface area contributed by atoms with E-state index in [4.69, 9.17) is 10.7 Å². The van der Waals surface area contributed by atoms with Gasteiger partial charge in [-0.2, -0.15) is 0 Å². The van der Waals surface area contributed by atoms with Gasteiger partial charge in [0, 0.05) is 16.9 Å². The highest BCUT2D eigenvalue weighted by Crippen LogP contribution is 2.18. The quantitative estimate of drug-likeness (QED) is 0.786. The summed E-state index contributed by atoms with van der Waals surface area (Å²) in [6.07, 6.45) is 0.838. The Morgan fingerprint density at radius 1 is 1.25 bits per heavy atom. The molecule has 0 spiro atoms. The maximum atomic E-state index is 13.1. The number of hydrogen-bond acceptors (Lipinski definition) is 4. The summed E-state index contributed by atoms with van der Waals surface area (Å²) < 4.78 is 57.0. The van der Waals surface area contributed by atoms with Crippen LogP contribution < -0.4 is 0 Å². The van der Waals surface area contributed by atoms with E-state index in [-0.39, 0.29) is 5.56 Å². The number of rotatable bonds is 3. The van der Waals surface area contributed by atoms with Gasteiger partial charge in [0.15, 0.2) is 9.84 Å². The van der Waals surface area contributed by atoms with E-state index in [1.54, 1.807) is 0 Å². The molecule has 4 nitrogen and oxygen atoms in total. The van der Waals surface area contributed by atoms with E-state index in [0.717, 1.165) is 18.4 Å². The lowest BCUT2D eigenvalue weighted by molar-refractivity contribution is 0.569. The third-order valence-electron chi connectivity index (χ3n) is 1.73. The Hall–Kier alpha value is -0.660. The molecule has 0 saturated heterocycles. The third-order valence-corrected chi connectivity index (χ3v) is 3.85. The number of benzene rings is 1. The first-order valence-corrected chi connectivity index (χ1v) is 8.37. The van der Waals surface area contributed by atoms with Crippen molar-refractivity contribution >= 4 is 29.6 Å². The fourth-order valence-electron chi connectivity index (χ4n) is 1.12. The van der Waals surface area contributed by atoms with Crippen molar-refractivity contribution in [2.75, 3.05) is 6.26 Å². The Morgan fingerprint density at radius 2 is 1.81 bits per heavy atom. The molecule has 0 aliphatic carbocycles. The monoisotopic (exact) mass is 286 g/mol. The van der Waals surface area contributed by atoms with Crippen molar-refractivity contribution in [3.63, 3.8) is 0 Å². The highest BCUT2D eigenvalue weighted by atomic mass is 35.7. The summed E-state index contributed by atoms with van der Waals surface area (Å²) >= 11 is 0. The first kappa shape index (κ1) is 13.4. The normalized spacial score (nSPS) is 12.7. The Labute approximate surface area is 97.4 Å². The average molecular weight is 287 g/mol. The molecule has 1 aromatic carbocycles.